The van der Waals surface area contributed by atoms with Crippen LogP contribution in [0.2, 0.25) is 0 Å². The third-order valence-electron chi connectivity index (χ3n) is 5.08. The summed E-state index contributed by atoms with van der Waals surface area (Å²) >= 11 is 0. The normalized spacial score (nSPS) is 11.0. The first-order valence-corrected chi connectivity index (χ1v) is 10.2. The zero-order valence-corrected chi connectivity index (χ0v) is 18.4. The molecular weight excluding hydrogens is 408 g/mol. The molecule has 0 radical (unpaired) electrons. The van der Waals surface area contributed by atoms with E-state index in [-0.39, 0.29) is 12.9 Å². The second-order valence-corrected chi connectivity index (χ2v) is 7.21. The van der Waals surface area contributed by atoms with E-state index in [4.69, 9.17) is 14.1 Å². The zero-order valence-electron chi connectivity index (χ0n) is 18.4. The predicted molar refractivity (Wildman–Crippen MR) is 122 cm³/mol. The van der Waals surface area contributed by atoms with Gasteiger partial charge in [0.1, 0.15) is 11.4 Å². The van der Waals surface area contributed by atoms with E-state index in [0.717, 1.165) is 17.7 Å². The molecule has 0 saturated carbocycles. The number of nitrogens with zero attached hydrogens (tertiary/aromatic N) is 5. The lowest BCUT2D eigenvalue weighted by molar-refractivity contribution is 0.413. The van der Waals surface area contributed by atoms with Crippen molar-refractivity contribution in [1.29, 1.82) is 0 Å². The van der Waals surface area contributed by atoms with E-state index in [1.54, 1.807) is 30.1 Å². The lowest BCUT2D eigenvalue weighted by atomic mass is 10.1. The highest BCUT2D eigenvalue weighted by molar-refractivity contribution is 5.66. The van der Waals surface area contributed by atoms with Crippen molar-refractivity contribution < 1.29 is 10.6 Å². The van der Waals surface area contributed by atoms with Crippen molar-refractivity contribution in [2.75, 3.05) is 14.2 Å². The van der Waals surface area contributed by atoms with Crippen molar-refractivity contribution in [3.05, 3.63) is 64.3 Å². The molecule has 0 atom stereocenters. The maximum Gasteiger partial charge on any atom is 0.268 e. The van der Waals surface area contributed by atoms with Gasteiger partial charge in [-0.15, -0.1) is 10.2 Å². The number of methoxy groups -OCH3 is 1. The van der Waals surface area contributed by atoms with Gasteiger partial charge in [0.05, 0.1) is 30.3 Å². The largest absolute Gasteiger partial charge is 0.496 e. The fraction of sp³-hybridized carbons (Fsp3) is 0.261. The van der Waals surface area contributed by atoms with Crippen LogP contribution in [-0.4, -0.2) is 38.9 Å². The summed E-state index contributed by atoms with van der Waals surface area (Å²) in [6, 6.07) is 9.06. The lowest BCUT2D eigenvalue weighted by Gasteiger charge is -2.08. The van der Waals surface area contributed by atoms with Crippen LogP contribution >= 0.6 is 0 Å². The number of aromatic nitrogens is 5. The van der Waals surface area contributed by atoms with E-state index in [1.807, 2.05) is 39.1 Å². The molecule has 0 amide bonds. The molecule has 9 nitrogen and oxygen atoms in total. The molecule has 166 valence electrons. The standard InChI is InChI=1S/C23H24N6O3.H2/c1-5-29-13-16(7-9-20(29)30)18-12-25-14(2)21(26-18)23-28-27-22(32-23)17-8-6-15(11-24-3)10-19(17)31-4;/h6-10,12-13,24H,5,11H2,1-4H3;1H. The summed E-state index contributed by atoms with van der Waals surface area (Å²) in [6.45, 7) is 5.03. The Morgan fingerprint density at radius 2 is 2.00 bits per heavy atom. The fourth-order valence-corrected chi connectivity index (χ4v) is 3.38. The lowest BCUT2D eigenvalue weighted by Crippen LogP contribution is -2.17. The Hall–Kier alpha value is -3.85. The molecule has 0 saturated heterocycles. The van der Waals surface area contributed by atoms with Crippen molar-refractivity contribution in [3.8, 4) is 40.0 Å². The number of pyridine rings is 1. The number of nitrogens with one attached hydrogen (secondary N) is 1. The molecule has 32 heavy (non-hydrogen) atoms. The van der Waals surface area contributed by atoms with E-state index in [2.05, 4.69) is 20.5 Å². The second-order valence-electron chi connectivity index (χ2n) is 7.21. The minimum absolute atomic E-state index is 0. The quantitative estimate of drug-likeness (QED) is 0.472. The average molecular weight is 435 g/mol. The Morgan fingerprint density at radius 3 is 2.75 bits per heavy atom. The van der Waals surface area contributed by atoms with Crippen LogP contribution in [0.15, 0.2) is 51.9 Å². The SMILES string of the molecule is CCn1cc(-c2cnc(C)c(-c3nnc(-c4ccc(CNC)cc4OC)o3)n2)ccc1=O.[HH]. The molecule has 0 aliphatic carbocycles. The predicted octanol–water partition coefficient (Wildman–Crippen LogP) is 3.32. The highest BCUT2D eigenvalue weighted by Crippen LogP contribution is 2.32. The van der Waals surface area contributed by atoms with Crippen molar-refractivity contribution in [1.82, 2.24) is 30.0 Å². The molecule has 3 heterocycles. The summed E-state index contributed by atoms with van der Waals surface area (Å²) in [4.78, 5) is 21.0. The topological polar surface area (TPSA) is 108 Å². The summed E-state index contributed by atoms with van der Waals surface area (Å²) in [5.74, 6) is 1.24. The molecule has 0 unspecified atom stereocenters. The van der Waals surface area contributed by atoms with E-state index in [0.29, 0.717) is 40.8 Å². The van der Waals surface area contributed by atoms with E-state index in [1.165, 1.54) is 6.07 Å². The Kier molecular flexibility index (Phi) is 6.09. The molecule has 0 bridgehead atoms. The first-order valence-electron chi connectivity index (χ1n) is 10.2. The minimum atomic E-state index is -0.0622. The Morgan fingerprint density at radius 1 is 1.19 bits per heavy atom. The Labute approximate surface area is 186 Å². The monoisotopic (exact) mass is 434 g/mol. The minimum Gasteiger partial charge on any atom is -0.496 e. The highest BCUT2D eigenvalue weighted by atomic mass is 16.5. The van der Waals surface area contributed by atoms with Crippen LogP contribution in [0, 0.1) is 6.92 Å². The fourth-order valence-electron chi connectivity index (χ4n) is 3.38. The van der Waals surface area contributed by atoms with Gasteiger partial charge in [-0.3, -0.25) is 9.78 Å². The van der Waals surface area contributed by atoms with Crippen LogP contribution in [0.1, 0.15) is 19.6 Å². The molecule has 3 aromatic heterocycles. The highest BCUT2D eigenvalue weighted by Gasteiger charge is 2.18. The summed E-state index contributed by atoms with van der Waals surface area (Å²) in [6.07, 6.45) is 3.43. The van der Waals surface area contributed by atoms with E-state index < -0.39 is 0 Å². The Bertz CT molecular complexity index is 1320. The van der Waals surface area contributed by atoms with Gasteiger partial charge >= 0.3 is 0 Å². The maximum atomic E-state index is 11.9. The zero-order chi connectivity index (χ0) is 22.7. The van der Waals surface area contributed by atoms with Gasteiger partial charge in [0, 0.05) is 32.3 Å². The van der Waals surface area contributed by atoms with Gasteiger partial charge in [0.25, 0.3) is 17.3 Å². The summed E-state index contributed by atoms with van der Waals surface area (Å²) in [5, 5.41) is 11.5. The number of aryl methyl sites for hydroxylation is 2. The molecule has 0 aliphatic rings. The van der Waals surface area contributed by atoms with Gasteiger partial charge in [-0.25, -0.2) is 4.98 Å². The van der Waals surface area contributed by atoms with Gasteiger partial charge in [0.2, 0.25) is 0 Å². The third kappa shape index (κ3) is 4.15. The number of benzene rings is 1. The van der Waals surface area contributed by atoms with Crippen LogP contribution in [0.4, 0.5) is 0 Å². The van der Waals surface area contributed by atoms with Crippen molar-refractivity contribution in [2.24, 2.45) is 0 Å². The molecule has 0 aliphatic heterocycles. The first kappa shape index (κ1) is 21.4. The molecule has 1 aromatic carbocycles. The van der Waals surface area contributed by atoms with Crippen LogP contribution in [0.5, 0.6) is 5.75 Å². The molecule has 0 spiro atoms. The number of rotatable bonds is 7. The number of hydrogen-bond acceptors (Lipinski definition) is 8. The van der Waals surface area contributed by atoms with Gasteiger partial charge < -0.3 is 19.0 Å². The molecule has 4 rings (SSSR count). The smallest absolute Gasteiger partial charge is 0.268 e. The molecule has 4 aromatic rings. The molecule has 1 N–H and O–H groups in total. The van der Waals surface area contributed by atoms with Crippen molar-refractivity contribution >= 4 is 0 Å². The summed E-state index contributed by atoms with van der Waals surface area (Å²) in [5.41, 5.74) is 4.25. The van der Waals surface area contributed by atoms with Crippen molar-refractivity contribution in [3.63, 3.8) is 0 Å². The maximum absolute atomic E-state index is 11.9. The summed E-state index contributed by atoms with van der Waals surface area (Å²) in [7, 11) is 3.49. The van der Waals surface area contributed by atoms with Gasteiger partial charge in [0.15, 0.2) is 0 Å². The van der Waals surface area contributed by atoms with E-state index >= 15 is 0 Å². The Balaban J connectivity index is 0.00000306. The van der Waals surface area contributed by atoms with Crippen LogP contribution < -0.4 is 15.6 Å². The van der Waals surface area contributed by atoms with E-state index in [9.17, 15) is 4.79 Å². The second kappa shape index (κ2) is 9.11. The summed E-state index contributed by atoms with van der Waals surface area (Å²) < 4.78 is 13.1. The number of ether oxygens (including phenoxy) is 1. The molecular formula is C23H26N6O3. The van der Waals surface area contributed by atoms with Crippen LogP contribution in [0.25, 0.3) is 34.3 Å². The van der Waals surface area contributed by atoms with Crippen molar-refractivity contribution in [2.45, 2.75) is 26.9 Å². The van der Waals surface area contributed by atoms with Gasteiger partial charge in [-0.2, -0.15) is 0 Å². The molecule has 9 heteroatoms. The van der Waals surface area contributed by atoms with Gasteiger partial charge in [-0.1, -0.05) is 6.07 Å². The van der Waals surface area contributed by atoms with Crippen LogP contribution in [-0.2, 0) is 13.1 Å². The number of hydrogen-bond donors (Lipinski definition) is 1. The average Bonchev–Trinajstić information content (AvgIpc) is 3.29. The van der Waals surface area contributed by atoms with Crippen LogP contribution in [0.3, 0.4) is 0 Å². The molecule has 0 fully saturated rings. The third-order valence-corrected chi connectivity index (χ3v) is 5.08. The van der Waals surface area contributed by atoms with Gasteiger partial charge in [-0.05, 0) is 44.7 Å². The first-order chi connectivity index (χ1) is 15.5.